The van der Waals surface area contributed by atoms with Crippen molar-refractivity contribution < 1.29 is 17.6 Å². The van der Waals surface area contributed by atoms with Crippen LogP contribution >= 0.6 is 11.3 Å². The second kappa shape index (κ2) is 7.30. The van der Waals surface area contributed by atoms with Crippen molar-refractivity contribution in [1.29, 1.82) is 0 Å². The molecule has 0 fully saturated rings. The summed E-state index contributed by atoms with van der Waals surface area (Å²) < 4.78 is 32.2. The fourth-order valence-electron chi connectivity index (χ4n) is 3.01. The first-order valence-corrected chi connectivity index (χ1v) is 10.9. The van der Waals surface area contributed by atoms with Crippen molar-refractivity contribution in [2.24, 2.45) is 0 Å². The molecule has 140 valence electrons. The van der Waals surface area contributed by atoms with Gasteiger partial charge >= 0.3 is 0 Å². The number of fused-ring (bicyclic) bond motifs is 1. The van der Waals surface area contributed by atoms with E-state index >= 15 is 0 Å². The number of benzene rings is 1. The zero-order valence-electron chi connectivity index (χ0n) is 14.4. The molecular weight excluding hydrogens is 384 g/mol. The average molecular weight is 402 g/mol. The molecule has 0 saturated heterocycles. The molecule has 0 atom stereocenters. The van der Waals surface area contributed by atoms with Crippen molar-refractivity contribution in [2.75, 3.05) is 5.32 Å². The van der Waals surface area contributed by atoms with Crippen LogP contribution in [0.5, 0.6) is 0 Å². The molecule has 2 N–H and O–H groups in total. The van der Waals surface area contributed by atoms with Gasteiger partial charge in [0.2, 0.25) is 10.0 Å². The van der Waals surface area contributed by atoms with Gasteiger partial charge in [0, 0.05) is 10.6 Å². The Morgan fingerprint density at radius 1 is 1.15 bits per heavy atom. The molecule has 0 saturated carbocycles. The standard InChI is InChI=1S/C19H18N2O4S2/c22-19(18-11-13-3-1-5-17(13)26-18)21-14-6-8-16(9-7-14)27(23,24)20-12-15-4-2-10-25-15/h2,4,6-11,20H,1,3,5,12H2,(H,21,22). The number of thiophene rings is 1. The van der Waals surface area contributed by atoms with Crippen LogP contribution in [0.1, 0.15) is 32.3 Å². The van der Waals surface area contributed by atoms with Crippen molar-refractivity contribution in [3.05, 3.63) is 69.8 Å². The van der Waals surface area contributed by atoms with Gasteiger partial charge in [-0.2, -0.15) is 0 Å². The third kappa shape index (κ3) is 3.97. The molecule has 1 aliphatic carbocycles. The van der Waals surface area contributed by atoms with E-state index in [1.807, 2.05) is 6.07 Å². The second-order valence-electron chi connectivity index (χ2n) is 6.30. The number of aryl methyl sites for hydroxylation is 2. The topological polar surface area (TPSA) is 88.4 Å². The largest absolute Gasteiger partial charge is 0.468 e. The number of carbonyl (C=O) groups excluding carboxylic acids is 1. The molecule has 2 aromatic heterocycles. The quantitative estimate of drug-likeness (QED) is 0.660. The highest BCUT2D eigenvalue weighted by Crippen LogP contribution is 2.31. The molecule has 1 amide bonds. The van der Waals surface area contributed by atoms with Crippen LogP contribution in [0.4, 0.5) is 5.69 Å². The highest BCUT2D eigenvalue weighted by atomic mass is 32.2. The first kappa shape index (κ1) is 18.0. The monoisotopic (exact) mass is 402 g/mol. The zero-order valence-corrected chi connectivity index (χ0v) is 16.0. The van der Waals surface area contributed by atoms with Crippen molar-refractivity contribution in [1.82, 2.24) is 4.72 Å². The van der Waals surface area contributed by atoms with Gasteiger partial charge in [0.05, 0.1) is 22.6 Å². The molecule has 1 aromatic carbocycles. The number of furan rings is 1. The molecular formula is C19H18N2O4S2. The maximum absolute atomic E-state index is 12.4. The molecule has 6 nitrogen and oxygen atoms in total. The minimum atomic E-state index is -3.65. The molecule has 0 radical (unpaired) electrons. The summed E-state index contributed by atoms with van der Waals surface area (Å²) in [6.07, 6.45) is 4.73. The van der Waals surface area contributed by atoms with Crippen LogP contribution < -0.4 is 10.0 Å². The number of hydrogen-bond acceptors (Lipinski definition) is 5. The number of anilines is 1. The Balaban J connectivity index is 1.41. The smallest absolute Gasteiger partial charge is 0.265 e. The number of rotatable bonds is 6. The lowest BCUT2D eigenvalue weighted by Crippen LogP contribution is -2.23. The van der Waals surface area contributed by atoms with E-state index in [1.54, 1.807) is 24.3 Å². The van der Waals surface area contributed by atoms with Gasteiger partial charge in [-0.1, -0.05) is 0 Å². The summed E-state index contributed by atoms with van der Waals surface area (Å²) in [5.41, 5.74) is 1.83. The average Bonchev–Trinajstić information content (AvgIpc) is 3.37. The molecule has 4 rings (SSSR count). The summed E-state index contributed by atoms with van der Waals surface area (Å²) in [4.78, 5) is 14.5. The first-order valence-electron chi connectivity index (χ1n) is 8.56. The molecule has 0 spiro atoms. The highest BCUT2D eigenvalue weighted by Gasteiger charge is 2.19. The first-order chi connectivity index (χ1) is 13.0. The predicted molar refractivity (Wildman–Crippen MR) is 103 cm³/mol. The van der Waals surface area contributed by atoms with E-state index in [0.717, 1.165) is 19.3 Å². The molecule has 0 bridgehead atoms. The summed E-state index contributed by atoms with van der Waals surface area (Å²) >= 11 is 1.54. The van der Waals surface area contributed by atoms with E-state index in [0.29, 0.717) is 16.3 Å². The Morgan fingerprint density at radius 3 is 2.67 bits per heavy atom. The van der Waals surface area contributed by atoms with Crippen molar-refractivity contribution in [2.45, 2.75) is 30.7 Å². The zero-order chi connectivity index (χ0) is 18.9. The van der Waals surface area contributed by atoms with E-state index in [-0.39, 0.29) is 17.3 Å². The highest BCUT2D eigenvalue weighted by molar-refractivity contribution is 7.89. The van der Waals surface area contributed by atoms with Gasteiger partial charge in [-0.15, -0.1) is 11.3 Å². The van der Waals surface area contributed by atoms with Gasteiger partial charge in [-0.3, -0.25) is 4.79 Å². The molecule has 3 aromatic rings. The molecule has 0 aliphatic heterocycles. The van der Waals surface area contributed by atoms with Crippen LogP contribution in [0.25, 0.3) is 0 Å². The summed E-state index contributed by atoms with van der Waals surface area (Å²) in [7, 11) is -3.65. The molecule has 2 heterocycles. The van der Waals surface area contributed by atoms with E-state index in [2.05, 4.69) is 10.0 Å². The van der Waals surface area contributed by atoms with Gasteiger partial charge in [0.15, 0.2) is 0 Å². The Labute approximate surface area is 161 Å². The summed E-state index contributed by atoms with van der Waals surface area (Å²) in [5.74, 6) is 0.367. The van der Waals surface area contributed by atoms with Crippen LogP contribution in [-0.2, 0) is 29.4 Å². The lowest BCUT2D eigenvalue weighted by atomic mass is 10.2. The van der Waals surface area contributed by atoms with Crippen molar-refractivity contribution >= 4 is 33.0 Å². The number of carbonyl (C=O) groups is 1. The Bertz CT molecular complexity index is 1030. The Morgan fingerprint density at radius 2 is 1.96 bits per heavy atom. The number of hydrogen-bond donors (Lipinski definition) is 2. The minimum absolute atomic E-state index is 0.0802. The van der Waals surface area contributed by atoms with Gasteiger partial charge in [-0.05, 0) is 67.3 Å². The van der Waals surface area contributed by atoms with Crippen LogP contribution in [0.2, 0.25) is 0 Å². The van der Waals surface area contributed by atoms with Gasteiger partial charge < -0.3 is 9.73 Å². The van der Waals surface area contributed by atoms with Crippen molar-refractivity contribution in [3.8, 4) is 0 Å². The van der Waals surface area contributed by atoms with Gasteiger partial charge in [-0.25, -0.2) is 13.1 Å². The fourth-order valence-corrected chi connectivity index (χ4v) is 5.16. The van der Waals surface area contributed by atoms with E-state index in [4.69, 9.17) is 4.42 Å². The molecule has 0 unspecified atom stereocenters. The number of nitrogens with one attached hydrogen (secondary N) is 2. The third-order valence-electron chi connectivity index (χ3n) is 4.41. The van der Waals surface area contributed by atoms with Crippen LogP contribution in [-0.4, -0.2) is 14.3 Å². The van der Waals surface area contributed by atoms with Gasteiger partial charge in [0.1, 0.15) is 5.76 Å². The molecule has 1 aliphatic rings. The Kier molecular flexibility index (Phi) is 4.86. The number of sulfonamides is 1. The lowest BCUT2D eigenvalue weighted by molar-refractivity contribution is 0.103. The summed E-state index contributed by atoms with van der Waals surface area (Å²) in [6, 6.07) is 11.5. The van der Waals surface area contributed by atoms with Crippen LogP contribution in [0.15, 0.2) is 58.0 Å². The normalized spacial score (nSPS) is 13.5. The third-order valence-corrected chi connectivity index (χ3v) is 7.06. The predicted octanol–water partition coefficient (Wildman–Crippen LogP) is 3.56. The van der Waals surface area contributed by atoms with Gasteiger partial charge in [0.25, 0.3) is 5.91 Å². The van der Waals surface area contributed by atoms with E-state index < -0.39 is 10.0 Å². The lowest BCUT2D eigenvalue weighted by Gasteiger charge is -2.07. The molecule has 8 heteroatoms. The SMILES string of the molecule is O=C(Nc1ccc(S(=O)(=O)NCc2ccco2)cc1)c1cc2c(s1)CCC2. The van der Waals surface area contributed by atoms with Crippen LogP contribution in [0.3, 0.4) is 0 Å². The fraction of sp³-hybridized carbons (Fsp3) is 0.211. The van der Waals surface area contributed by atoms with Crippen LogP contribution in [0, 0.1) is 0 Å². The maximum Gasteiger partial charge on any atom is 0.265 e. The Hall–Kier alpha value is -2.42. The summed E-state index contributed by atoms with van der Waals surface area (Å²) in [6.45, 7) is 0.0802. The molecule has 27 heavy (non-hydrogen) atoms. The van der Waals surface area contributed by atoms with E-state index in [1.165, 1.54) is 40.2 Å². The maximum atomic E-state index is 12.4. The van der Waals surface area contributed by atoms with Crippen molar-refractivity contribution in [3.63, 3.8) is 0 Å². The minimum Gasteiger partial charge on any atom is -0.468 e. The van der Waals surface area contributed by atoms with E-state index in [9.17, 15) is 13.2 Å². The second-order valence-corrected chi connectivity index (χ2v) is 9.20. The number of amides is 1. The summed E-state index contributed by atoms with van der Waals surface area (Å²) in [5, 5.41) is 2.82.